The molecular weight excluding hydrogens is 261 g/mol. The lowest BCUT2D eigenvalue weighted by Gasteiger charge is -2.15. The van der Waals surface area contributed by atoms with Crippen molar-refractivity contribution in [3.05, 3.63) is 56.2 Å². The van der Waals surface area contributed by atoms with Gasteiger partial charge >= 0.3 is 0 Å². The molecule has 16 heavy (non-hydrogen) atoms. The molecule has 1 aromatic heterocycles. The molecule has 0 fully saturated rings. The number of hydrogen-bond donors (Lipinski definition) is 1. The lowest BCUT2D eigenvalue weighted by Crippen LogP contribution is -2.16. The van der Waals surface area contributed by atoms with Crippen LogP contribution in [0.1, 0.15) is 16.5 Å². The molecule has 1 heterocycles. The molecule has 1 N–H and O–H groups in total. The fraction of sp³-hybridized carbons (Fsp3) is 0.167. The molecule has 2 rings (SSSR count). The zero-order valence-corrected chi connectivity index (χ0v) is 11.0. The number of rotatable bonds is 3. The van der Waals surface area contributed by atoms with Gasteiger partial charge in [-0.2, -0.15) is 0 Å². The first kappa shape index (κ1) is 11.9. The van der Waals surface area contributed by atoms with Crippen molar-refractivity contribution in [2.75, 3.05) is 7.05 Å². The van der Waals surface area contributed by atoms with E-state index in [1.165, 1.54) is 4.88 Å². The summed E-state index contributed by atoms with van der Waals surface area (Å²) < 4.78 is 0. The van der Waals surface area contributed by atoms with E-state index in [1.807, 2.05) is 25.2 Å². The number of halogens is 2. The molecule has 0 bridgehead atoms. The largest absolute Gasteiger partial charge is 0.309 e. The van der Waals surface area contributed by atoms with E-state index in [9.17, 15) is 0 Å². The molecule has 0 radical (unpaired) electrons. The van der Waals surface area contributed by atoms with E-state index in [4.69, 9.17) is 23.2 Å². The van der Waals surface area contributed by atoms with Crippen LogP contribution in [0.3, 0.4) is 0 Å². The second-order valence-electron chi connectivity index (χ2n) is 3.44. The van der Waals surface area contributed by atoms with Gasteiger partial charge in [-0.25, -0.2) is 0 Å². The second-order valence-corrected chi connectivity index (χ2v) is 5.29. The van der Waals surface area contributed by atoms with Gasteiger partial charge in [-0.3, -0.25) is 0 Å². The third-order valence-electron chi connectivity index (χ3n) is 2.33. The summed E-state index contributed by atoms with van der Waals surface area (Å²) in [4.78, 5) is 1.25. The molecule has 0 aliphatic rings. The summed E-state index contributed by atoms with van der Waals surface area (Å²) in [6.07, 6.45) is 0. The van der Waals surface area contributed by atoms with Crippen LogP contribution in [0.2, 0.25) is 10.0 Å². The first-order valence-electron chi connectivity index (χ1n) is 4.87. The van der Waals surface area contributed by atoms with Crippen molar-refractivity contribution in [3.63, 3.8) is 0 Å². The van der Waals surface area contributed by atoms with Crippen molar-refractivity contribution in [2.24, 2.45) is 0 Å². The summed E-state index contributed by atoms with van der Waals surface area (Å²) in [5.74, 6) is 0. The lowest BCUT2D eigenvalue weighted by atomic mass is 10.1. The van der Waals surface area contributed by atoms with Crippen LogP contribution in [0.5, 0.6) is 0 Å². The first-order chi connectivity index (χ1) is 7.70. The van der Waals surface area contributed by atoms with Crippen LogP contribution in [-0.2, 0) is 0 Å². The van der Waals surface area contributed by atoms with E-state index >= 15 is 0 Å². The van der Waals surface area contributed by atoms with Crippen molar-refractivity contribution in [1.29, 1.82) is 0 Å². The van der Waals surface area contributed by atoms with Gasteiger partial charge in [-0.1, -0.05) is 29.3 Å². The molecule has 1 unspecified atom stereocenters. The minimum atomic E-state index is 0.149. The Morgan fingerprint density at radius 2 is 1.88 bits per heavy atom. The minimum Gasteiger partial charge on any atom is -0.309 e. The maximum absolute atomic E-state index is 6.00. The van der Waals surface area contributed by atoms with Crippen LogP contribution in [-0.4, -0.2) is 7.05 Å². The molecule has 1 atom stereocenters. The summed E-state index contributed by atoms with van der Waals surface area (Å²) in [5, 5.41) is 6.66. The molecule has 1 nitrogen and oxygen atoms in total. The van der Waals surface area contributed by atoms with E-state index < -0.39 is 0 Å². The maximum Gasteiger partial charge on any atom is 0.0669 e. The topological polar surface area (TPSA) is 12.0 Å². The van der Waals surface area contributed by atoms with Gasteiger partial charge in [0.05, 0.1) is 6.04 Å². The van der Waals surface area contributed by atoms with Gasteiger partial charge in [0, 0.05) is 14.9 Å². The van der Waals surface area contributed by atoms with E-state index in [1.54, 1.807) is 17.4 Å². The van der Waals surface area contributed by atoms with E-state index in [2.05, 4.69) is 16.8 Å². The molecule has 2 aromatic rings. The van der Waals surface area contributed by atoms with Crippen LogP contribution in [0.4, 0.5) is 0 Å². The molecule has 1 aromatic carbocycles. The van der Waals surface area contributed by atoms with Crippen LogP contribution in [0.25, 0.3) is 0 Å². The number of benzene rings is 1. The summed E-state index contributed by atoms with van der Waals surface area (Å²) in [7, 11) is 1.93. The molecule has 0 aliphatic carbocycles. The molecule has 0 aliphatic heterocycles. The SMILES string of the molecule is CNC(c1cc(Cl)cc(Cl)c1)c1cccs1. The zero-order chi connectivity index (χ0) is 11.5. The predicted octanol–water partition coefficient (Wildman–Crippen LogP) is 4.36. The molecular formula is C12H11Cl2NS. The van der Waals surface area contributed by atoms with Gasteiger partial charge in [0.25, 0.3) is 0 Å². The van der Waals surface area contributed by atoms with Crippen molar-refractivity contribution in [1.82, 2.24) is 5.32 Å². The van der Waals surface area contributed by atoms with Crippen LogP contribution in [0, 0.1) is 0 Å². The van der Waals surface area contributed by atoms with Gasteiger partial charge in [-0.05, 0) is 42.3 Å². The summed E-state index contributed by atoms with van der Waals surface area (Å²) in [5.41, 5.74) is 1.09. The van der Waals surface area contributed by atoms with Gasteiger partial charge in [-0.15, -0.1) is 11.3 Å². The second kappa shape index (κ2) is 5.19. The highest BCUT2D eigenvalue weighted by Crippen LogP contribution is 2.29. The Hall–Kier alpha value is -0.540. The molecule has 4 heteroatoms. The smallest absolute Gasteiger partial charge is 0.0669 e. The van der Waals surface area contributed by atoms with Crippen LogP contribution >= 0.6 is 34.5 Å². The zero-order valence-electron chi connectivity index (χ0n) is 8.71. The summed E-state index contributed by atoms with van der Waals surface area (Å²) >= 11 is 13.7. The van der Waals surface area contributed by atoms with Crippen molar-refractivity contribution in [3.8, 4) is 0 Å². The Labute approximate surface area is 109 Å². The van der Waals surface area contributed by atoms with E-state index in [0.717, 1.165) is 5.56 Å². The third-order valence-corrected chi connectivity index (χ3v) is 3.71. The average Bonchev–Trinajstić information content (AvgIpc) is 2.70. The maximum atomic E-state index is 6.00. The standard InChI is InChI=1S/C12H11Cl2NS/c1-15-12(11-3-2-4-16-11)8-5-9(13)7-10(14)6-8/h2-7,12,15H,1H3. The lowest BCUT2D eigenvalue weighted by molar-refractivity contribution is 0.704. The highest BCUT2D eigenvalue weighted by atomic mass is 35.5. The van der Waals surface area contributed by atoms with Gasteiger partial charge in [0.1, 0.15) is 0 Å². The Morgan fingerprint density at radius 1 is 1.19 bits per heavy atom. The van der Waals surface area contributed by atoms with Crippen LogP contribution < -0.4 is 5.32 Å². The van der Waals surface area contributed by atoms with Crippen molar-refractivity contribution >= 4 is 34.5 Å². The third kappa shape index (κ3) is 2.58. The minimum absolute atomic E-state index is 0.149. The molecule has 0 spiro atoms. The Balaban J connectivity index is 2.41. The summed E-state index contributed by atoms with van der Waals surface area (Å²) in [6.45, 7) is 0. The van der Waals surface area contributed by atoms with E-state index in [-0.39, 0.29) is 6.04 Å². The number of thiophene rings is 1. The van der Waals surface area contributed by atoms with Gasteiger partial charge in [0.2, 0.25) is 0 Å². The molecule has 0 saturated carbocycles. The summed E-state index contributed by atoms with van der Waals surface area (Å²) in [6, 6.07) is 9.91. The van der Waals surface area contributed by atoms with E-state index in [0.29, 0.717) is 10.0 Å². The predicted molar refractivity (Wildman–Crippen MR) is 71.7 cm³/mol. The number of hydrogen-bond acceptors (Lipinski definition) is 2. The fourth-order valence-electron chi connectivity index (χ4n) is 1.67. The monoisotopic (exact) mass is 271 g/mol. The van der Waals surface area contributed by atoms with Gasteiger partial charge < -0.3 is 5.32 Å². The number of nitrogens with one attached hydrogen (secondary N) is 1. The first-order valence-corrected chi connectivity index (χ1v) is 6.51. The van der Waals surface area contributed by atoms with Crippen molar-refractivity contribution < 1.29 is 0 Å². The highest BCUT2D eigenvalue weighted by molar-refractivity contribution is 7.10. The Morgan fingerprint density at radius 3 is 2.38 bits per heavy atom. The highest BCUT2D eigenvalue weighted by Gasteiger charge is 2.13. The Kier molecular flexibility index (Phi) is 3.87. The van der Waals surface area contributed by atoms with Crippen molar-refractivity contribution in [2.45, 2.75) is 6.04 Å². The Bertz CT molecular complexity index is 448. The van der Waals surface area contributed by atoms with Crippen LogP contribution in [0.15, 0.2) is 35.7 Å². The average molecular weight is 272 g/mol. The van der Waals surface area contributed by atoms with Gasteiger partial charge in [0.15, 0.2) is 0 Å². The molecule has 0 saturated heterocycles. The molecule has 0 amide bonds. The fourth-order valence-corrected chi connectivity index (χ4v) is 3.07. The molecule has 84 valence electrons. The quantitative estimate of drug-likeness (QED) is 0.875. The normalized spacial score (nSPS) is 12.7.